The summed E-state index contributed by atoms with van der Waals surface area (Å²) in [5, 5.41) is 16.1. The number of hydrogen-bond acceptors (Lipinski definition) is 4. The predicted molar refractivity (Wildman–Crippen MR) is 115 cm³/mol. The van der Waals surface area contributed by atoms with Gasteiger partial charge in [0.15, 0.2) is 17.5 Å². The van der Waals surface area contributed by atoms with Crippen molar-refractivity contribution in [3.63, 3.8) is 0 Å². The lowest BCUT2D eigenvalue weighted by Gasteiger charge is -2.14. The summed E-state index contributed by atoms with van der Waals surface area (Å²) in [5.41, 5.74) is 1.10. The fourth-order valence-electron chi connectivity index (χ4n) is 2.51. The van der Waals surface area contributed by atoms with Crippen molar-refractivity contribution in [1.82, 2.24) is 10.6 Å². The lowest BCUT2D eigenvalue weighted by Crippen LogP contribution is -2.37. The van der Waals surface area contributed by atoms with E-state index in [1.165, 1.54) is 20.3 Å². The van der Waals surface area contributed by atoms with Gasteiger partial charge in [0.1, 0.15) is 11.6 Å². The molecule has 0 aliphatic carbocycles. The van der Waals surface area contributed by atoms with Crippen LogP contribution in [0, 0.1) is 11.6 Å². The van der Waals surface area contributed by atoms with Crippen molar-refractivity contribution < 1.29 is 23.4 Å². The van der Waals surface area contributed by atoms with Crippen LogP contribution in [-0.2, 0) is 13.0 Å². The predicted octanol–water partition coefficient (Wildman–Crippen LogP) is 3.21. The van der Waals surface area contributed by atoms with E-state index in [9.17, 15) is 13.9 Å². The summed E-state index contributed by atoms with van der Waals surface area (Å²) in [4.78, 5) is 4.09. The Hall–Kier alpha value is -2.30. The van der Waals surface area contributed by atoms with E-state index in [-0.39, 0.29) is 29.7 Å². The highest BCUT2D eigenvalue weighted by Gasteiger charge is 2.11. The Kier molecular flexibility index (Phi) is 9.77. The number of aliphatic imine (C=N–C) groups is 1. The van der Waals surface area contributed by atoms with Crippen molar-refractivity contribution >= 4 is 29.9 Å². The molecule has 0 saturated heterocycles. The molecule has 0 aromatic heterocycles. The first kappa shape index (κ1) is 23.7. The van der Waals surface area contributed by atoms with Gasteiger partial charge in [0.2, 0.25) is 5.75 Å². The molecule has 2 aromatic rings. The Morgan fingerprint density at radius 2 is 1.71 bits per heavy atom. The molecule has 154 valence electrons. The monoisotopic (exact) mass is 507 g/mol. The standard InChI is InChI=1S/C19H23F2N3O3.HI/c1-22-19(23-7-6-13-10-14(20)4-5-15(13)21)24-11-12-8-16(26-2)18(25)17(9-12)27-3;/h4-5,8-10,25H,6-7,11H2,1-3H3,(H2,22,23,24);1H. The molecule has 2 rings (SSSR count). The minimum Gasteiger partial charge on any atom is -0.502 e. The van der Waals surface area contributed by atoms with Crippen LogP contribution in [-0.4, -0.2) is 38.9 Å². The number of rotatable bonds is 7. The zero-order valence-electron chi connectivity index (χ0n) is 15.9. The van der Waals surface area contributed by atoms with E-state index >= 15 is 0 Å². The molecule has 9 heteroatoms. The first-order chi connectivity index (χ1) is 13.0. The topological polar surface area (TPSA) is 75.1 Å². The maximum atomic E-state index is 13.6. The number of ether oxygens (including phenoxy) is 2. The van der Waals surface area contributed by atoms with Crippen LogP contribution >= 0.6 is 24.0 Å². The molecule has 6 nitrogen and oxygen atoms in total. The van der Waals surface area contributed by atoms with E-state index in [0.717, 1.165) is 17.7 Å². The number of nitrogens with one attached hydrogen (secondary N) is 2. The molecule has 0 radical (unpaired) electrons. The van der Waals surface area contributed by atoms with Crippen molar-refractivity contribution in [2.24, 2.45) is 4.99 Å². The van der Waals surface area contributed by atoms with Gasteiger partial charge in [0.05, 0.1) is 14.2 Å². The minimum atomic E-state index is -0.468. The van der Waals surface area contributed by atoms with Gasteiger partial charge >= 0.3 is 0 Å². The molecule has 2 aromatic carbocycles. The summed E-state index contributed by atoms with van der Waals surface area (Å²) < 4.78 is 37.1. The first-order valence-electron chi connectivity index (χ1n) is 8.30. The fraction of sp³-hybridized carbons (Fsp3) is 0.316. The Labute approximate surface area is 180 Å². The van der Waals surface area contributed by atoms with Crippen molar-refractivity contribution in [1.29, 1.82) is 0 Å². The average molecular weight is 507 g/mol. The Balaban J connectivity index is 0.00000392. The molecule has 0 saturated carbocycles. The second-order valence-electron chi connectivity index (χ2n) is 5.69. The van der Waals surface area contributed by atoms with Crippen molar-refractivity contribution in [2.75, 3.05) is 27.8 Å². The Morgan fingerprint density at radius 3 is 2.29 bits per heavy atom. The van der Waals surface area contributed by atoms with E-state index in [0.29, 0.717) is 42.5 Å². The number of phenolic OH excluding ortho intramolecular Hbond substituents is 1. The Morgan fingerprint density at radius 1 is 1.07 bits per heavy atom. The SMILES string of the molecule is CN=C(NCCc1cc(F)ccc1F)NCc1cc(OC)c(O)c(OC)c1.I. The molecule has 0 aliphatic rings. The third-order valence-corrected chi connectivity index (χ3v) is 3.92. The third-order valence-electron chi connectivity index (χ3n) is 3.92. The zero-order valence-corrected chi connectivity index (χ0v) is 18.2. The zero-order chi connectivity index (χ0) is 19.8. The van der Waals surface area contributed by atoms with Gasteiger partial charge in [0, 0.05) is 20.1 Å². The molecule has 0 atom stereocenters. The van der Waals surface area contributed by atoms with Gasteiger partial charge in [-0.2, -0.15) is 0 Å². The molecule has 0 heterocycles. The van der Waals surface area contributed by atoms with Crippen molar-refractivity contribution in [3.05, 3.63) is 53.1 Å². The number of nitrogens with zero attached hydrogens (tertiary/aromatic N) is 1. The smallest absolute Gasteiger partial charge is 0.200 e. The molecule has 3 N–H and O–H groups in total. The molecular weight excluding hydrogens is 483 g/mol. The summed E-state index contributed by atoms with van der Waals surface area (Å²) in [5.74, 6) is 0.126. The second-order valence-corrected chi connectivity index (χ2v) is 5.69. The van der Waals surface area contributed by atoms with E-state index in [4.69, 9.17) is 9.47 Å². The van der Waals surface area contributed by atoms with E-state index < -0.39 is 11.6 Å². The molecule has 0 fully saturated rings. The first-order valence-corrected chi connectivity index (χ1v) is 8.30. The van der Waals surface area contributed by atoms with Gasteiger partial charge in [-0.15, -0.1) is 24.0 Å². The number of guanidine groups is 1. The van der Waals surface area contributed by atoms with Crippen LogP contribution in [0.4, 0.5) is 8.78 Å². The summed E-state index contributed by atoms with van der Waals surface area (Å²) in [6, 6.07) is 6.75. The summed E-state index contributed by atoms with van der Waals surface area (Å²) in [6.07, 6.45) is 0.311. The summed E-state index contributed by atoms with van der Waals surface area (Å²) in [7, 11) is 4.52. The summed E-state index contributed by atoms with van der Waals surface area (Å²) >= 11 is 0. The maximum Gasteiger partial charge on any atom is 0.200 e. The number of aromatic hydroxyl groups is 1. The van der Waals surface area contributed by atoms with E-state index in [1.54, 1.807) is 19.2 Å². The van der Waals surface area contributed by atoms with Crippen LogP contribution in [0.2, 0.25) is 0 Å². The normalized spacial score (nSPS) is 10.8. The van der Waals surface area contributed by atoms with Crippen LogP contribution < -0.4 is 20.1 Å². The number of halogens is 3. The highest BCUT2D eigenvalue weighted by molar-refractivity contribution is 14.0. The fourth-order valence-corrected chi connectivity index (χ4v) is 2.51. The molecule has 28 heavy (non-hydrogen) atoms. The van der Waals surface area contributed by atoms with Gasteiger partial charge in [-0.1, -0.05) is 0 Å². The van der Waals surface area contributed by atoms with Gasteiger partial charge in [-0.3, -0.25) is 4.99 Å². The van der Waals surface area contributed by atoms with Crippen LogP contribution in [0.25, 0.3) is 0 Å². The van der Waals surface area contributed by atoms with Crippen LogP contribution in [0.5, 0.6) is 17.2 Å². The lowest BCUT2D eigenvalue weighted by molar-refractivity contribution is 0.339. The molecule has 0 unspecified atom stereocenters. The summed E-state index contributed by atoms with van der Waals surface area (Å²) in [6.45, 7) is 0.767. The molecule has 0 spiro atoms. The third kappa shape index (κ3) is 6.39. The van der Waals surface area contributed by atoms with Gasteiger partial charge in [-0.25, -0.2) is 8.78 Å². The number of methoxy groups -OCH3 is 2. The van der Waals surface area contributed by atoms with Crippen LogP contribution in [0.1, 0.15) is 11.1 Å². The molecular formula is C19H24F2IN3O3. The second kappa shape index (κ2) is 11.5. The largest absolute Gasteiger partial charge is 0.502 e. The maximum absolute atomic E-state index is 13.6. The number of benzene rings is 2. The van der Waals surface area contributed by atoms with Gasteiger partial charge in [-0.05, 0) is 47.9 Å². The van der Waals surface area contributed by atoms with Crippen LogP contribution in [0.15, 0.2) is 35.3 Å². The molecule has 0 aliphatic heterocycles. The van der Waals surface area contributed by atoms with Gasteiger partial charge < -0.3 is 25.2 Å². The number of hydrogen-bond donors (Lipinski definition) is 3. The molecule has 0 amide bonds. The molecule has 0 bridgehead atoms. The minimum absolute atomic E-state index is 0. The Bertz CT molecular complexity index is 794. The van der Waals surface area contributed by atoms with E-state index in [1.807, 2.05) is 0 Å². The van der Waals surface area contributed by atoms with Crippen molar-refractivity contribution in [3.8, 4) is 17.2 Å². The quantitative estimate of drug-likeness (QED) is 0.305. The highest BCUT2D eigenvalue weighted by Crippen LogP contribution is 2.36. The van der Waals surface area contributed by atoms with Crippen LogP contribution in [0.3, 0.4) is 0 Å². The highest BCUT2D eigenvalue weighted by atomic mass is 127. The van der Waals surface area contributed by atoms with E-state index in [2.05, 4.69) is 15.6 Å². The van der Waals surface area contributed by atoms with Crippen molar-refractivity contribution in [2.45, 2.75) is 13.0 Å². The average Bonchev–Trinajstić information content (AvgIpc) is 2.67. The number of phenols is 1. The lowest BCUT2D eigenvalue weighted by atomic mass is 10.1. The van der Waals surface area contributed by atoms with Gasteiger partial charge in [0.25, 0.3) is 0 Å².